The highest BCUT2D eigenvalue weighted by molar-refractivity contribution is 5.88. The minimum absolute atomic E-state index is 0.279. The predicted octanol–water partition coefficient (Wildman–Crippen LogP) is 2.93. The molecular weight excluding hydrogens is 364 g/mol. The van der Waals surface area contributed by atoms with Gasteiger partial charge in [-0.3, -0.25) is 14.5 Å². The second-order valence-corrected chi connectivity index (χ2v) is 6.71. The largest absolute Gasteiger partial charge is 0.384 e. The molecule has 7 nitrogen and oxygen atoms in total. The molecule has 7 heteroatoms. The fourth-order valence-corrected chi connectivity index (χ4v) is 3.07. The Morgan fingerprint density at radius 2 is 1.97 bits per heavy atom. The summed E-state index contributed by atoms with van der Waals surface area (Å²) < 4.78 is 3.02. The van der Waals surface area contributed by atoms with Crippen molar-refractivity contribution >= 4 is 12.0 Å². The topological polar surface area (TPSA) is 91.1 Å². The Morgan fingerprint density at radius 3 is 2.69 bits per heavy atom. The van der Waals surface area contributed by atoms with Crippen LogP contribution in [0.5, 0.6) is 0 Å². The molecule has 4 rings (SSSR count). The Morgan fingerprint density at radius 1 is 1.14 bits per heavy atom. The summed E-state index contributed by atoms with van der Waals surface area (Å²) in [5.41, 5.74) is 9.98. The molecule has 3 heterocycles. The van der Waals surface area contributed by atoms with E-state index in [-0.39, 0.29) is 11.4 Å². The van der Waals surface area contributed by atoms with Crippen molar-refractivity contribution in [3.8, 4) is 11.3 Å². The van der Waals surface area contributed by atoms with E-state index >= 15 is 0 Å². The van der Waals surface area contributed by atoms with Gasteiger partial charge in [0.2, 0.25) is 0 Å². The molecule has 0 radical (unpaired) electrons. The third kappa shape index (κ3) is 4.14. The minimum atomic E-state index is -0.279. The van der Waals surface area contributed by atoms with E-state index in [0.29, 0.717) is 6.54 Å². The van der Waals surface area contributed by atoms with Crippen LogP contribution in [0.15, 0.2) is 83.1 Å². The first-order valence-electron chi connectivity index (χ1n) is 9.15. The lowest BCUT2D eigenvalue weighted by molar-refractivity contribution is 0.689. The second kappa shape index (κ2) is 7.93. The van der Waals surface area contributed by atoms with Crippen molar-refractivity contribution in [2.75, 3.05) is 5.73 Å². The minimum Gasteiger partial charge on any atom is -0.384 e. The van der Waals surface area contributed by atoms with E-state index < -0.39 is 0 Å². The molecular formula is C22H20N6O. The van der Waals surface area contributed by atoms with Crippen molar-refractivity contribution < 1.29 is 0 Å². The maximum atomic E-state index is 12.2. The standard InChI is InChI=1S/C22H20N6O/c1-16-10-20(23)28(21(29)11-16)25-13-19-15-27(14-17-6-3-2-4-7-17)26-22(19)18-8-5-9-24-12-18/h2-13,15H,14,23H2,1H3/b25-13-. The lowest BCUT2D eigenvalue weighted by Crippen LogP contribution is -2.19. The van der Waals surface area contributed by atoms with Crippen LogP contribution in [0.1, 0.15) is 16.7 Å². The zero-order valence-corrected chi connectivity index (χ0v) is 15.9. The molecule has 0 aliphatic rings. The maximum Gasteiger partial charge on any atom is 0.273 e. The van der Waals surface area contributed by atoms with Crippen LogP contribution in [0.3, 0.4) is 0 Å². The summed E-state index contributed by atoms with van der Waals surface area (Å²) in [6, 6.07) is 17.1. The van der Waals surface area contributed by atoms with Gasteiger partial charge in [0.15, 0.2) is 0 Å². The molecule has 0 bridgehead atoms. The van der Waals surface area contributed by atoms with E-state index in [4.69, 9.17) is 10.8 Å². The summed E-state index contributed by atoms with van der Waals surface area (Å²) in [7, 11) is 0. The third-order valence-electron chi connectivity index (χ3n) is 4.40. The van der Waals surface area contributed by atoms with Gasteiger partial charge in [-0.15, -0.1) is 0 Å². The first kappa shape index (κ1) is 18.4. The van der Waals surface area contributed by atoms with Gasteiger partial charge in [0.25, 0.3) is 5.56 Å². The number of hydrogen-bond donors (Lipinski definition) is 1. The molecule has 0 unspecified atom stereocenters. The number of rotatable bonds is 5. The molecule has 0 amide bonds. The highest BCUT2D eigenvalue weighted by atomic mass is 16.1. The van der Waals surface area contributed by atoms with Crippen molar-refractivity contribution in [2.24, 2.45) is 5.10 Å². The number of anilines is 1. The highest BCUT2D eigenvalue weighted by Gasteiger charge is 2.11. The fourth-order valence-electron chi connectivity index (χ4n) is 3.07. The quantitative estimate of drug-likeness (QED) is 0.536. The lowest BCUT2D eigenvalue weighted by atomic mass is 10.1. The molecule has 0 fully saturated rings. The fraction of sp³-hybridized carbons (Fsp3) is 0.0909. The normalized spacial score (nSPS) is 11.2. The second-order valence-electron chi connectivity index (χ2n) is 6.71. The molecule has 2 N–H and O–H groups in total. The van der Waals surface area contributed by atoms with Crippen LogP contribution >= 0.6 is 0 Å². The SMILES string of the molecule is Cc1cc(N)n(/N=C\c2cn(Cc3ccccc3)nc2-c2cccnc2)c(=O)c1. The van der Waals surface area contributed by atoms with Gasteiger partial charge >= 0.3 is 0 Å². The van der Waals surface area contributed by atoms with Crippen molar-refractivity contribution in [2.45, 2.75) is 13.5 Å². The van der Waals surface area contributed by atoms with E-state index in [1.165, 1.54) is 10.7 Å². The van der Waals surface area contributed by atoms with E-state index in [9.17, 15) is 4.79 Å². The molecule has 144 valence electrons. The number of pyridine rings is 2. The van der Waals surface area contributed by atoms with Gasteiger partial charge < -0.3 is 5.73 Å². The predicted molar refractivity (Wildman–Crippen MR) is 114 cm³/mol. The van der Waals surface area contributed by atoms with Gasteiger partial charge in [0.05, 0.1) is 12.8 Å². The van der Waals surface area contributed by atoms with E-state index in [2.05, 4.69) is 10.1 Å². The van der Waals surface area contributed by atoms with Crippen LogP contribution in [0.2, 0.25) is 0 Å². The molecule has 0 saturated carbocycles. The van der Waals surface area contributed by atoms with Gasteiger partial charge in [-0.1, -0.05) is 30.3 Å². The van der Waals surface area contributed by atoms with Crippen LogP contribution in [0, 0.1) is 6.92 Å². The molecule has 0 aliphatic carbocycles. The smallest absolute Gasteiger partial charge is 0.273 e. The summed E-state index contributed by atoms with van der Waals surface area (Å²) in [5, 5.41) is 9.02. The Balaban J connectivity index is 1.74. The average molecular weight is 384 g/mol. The van der Waals surface area contributed by atoms with Crippen molar-refractivity contribution in [1.82, 2.24) is 19.4 Å². The van der Waals surface area contributed by atoms with E-state index in [1.807, 2.05) is 60.3 Å². The number of nitrogens with zero attached hydrogens (tertiary/aromatic N) is 5. The highest BCUT2D eigenvalue weighted by Crippen LogP contribution is 2.20. The van der Waals surface area contributed by atoms with Crippen LogP contribution in [0.4, 0.5) is 5.82 Å². The van der Waals surface area contributed by atoms with Crippen LogP contribution in [0.25, 0.3) is 11.3 Å². The zero-order valence-electron chi connectivity index (χ0n) is 15.9. The lowest BCUT2D eigenvalue weighted by Gasteiger charge is -2.03. The Bertz CT molecular complexity index is 1210. The first-order chi connectivity index (χ1) is 14.1. The van der Waals surface area contributed by atoms with E-state index in [0.717, 1.165) is 27.9 Å². The Hall–Kier alpha value is -4.00. The van der Waals surface area contributed by atoms with E-state index in [1.54, 1.807) is 24.7 Å². The summed E-state index contributed by atoms with van der Waals surface area (Å²) in [5.74, 6) is 0.283. The van der Waals surface area contributed by atoms with Gasteiger partial charge in [0.1, 0.15) is 11.5 Å². The summed E-state index contributed by atoms with van der Waals surface area (Å²) >= 11 is 0. The first-order valence-corrected chi connectivity index (χ1v) is 9.15. The Labute approximate surface area is 167 Å². The molecule has 0 atom stereocenters. The van der Waals surface area contributed by atoms with Crippen LogP contribution in [-0.2, 0) is 6.54 Å². The number of nitrogen functional groups attached to an aromatic ring is 1. The van der Waals surface area contributed by atoms with Crippen LogP contribution in [-0.4, -0.2) is 25.7 Å². The zero-order chi connectivity index (χ0) is 20.2. The molecule has 0 aliphatic heterocycles. The molecule has 0 spiro atoms. The number of hydrogen-bond acceptors (Lipinski definition) is 5. The molecule has 29 heavy (non-hydrogen) atoms. The molecule has 0 saturated heterocycles. The molecule has 1 aromatic carbocycles. The van der Waals surface area contributed by atoms with Crippen molar-refractivity contribution in [1.29, 1.82) is 0 Å². The molecule has 4 aromatic rings. The number of aryl methyl sites for hydroxylation is 1. The van der Waals surface area contributed by atoms with Crippen LogP contribution < -0.4 is 11.3 Å². The third-order valence-corrected chi connectivity index (χ3v) is 4.40. The average Bonchev–Trinajstić information content (AvgIpc) is 3.11. The van der Waals surface area contributed by atoms with Gasteiger partial charge in [-0.05, 0) is 36.2 Å². The monoisotopic (exact) mass is 384 g/mol. The summed E-state index contributed by atoms with van der Waals surface area (Å²) in [6.07, 6.45) is 6.96. The number of benzene rings is 1. The maximum absolute atomic E-state index is 12.2. The van der Waals surface area contributed by atoms with Gasteiger partial charge in [-0.2, -0.15) is 14.9 Å². The van der Waals surface area contributed by atoms with Gasteiger partial charge in [-0.25, -0.2) is 0 Å². The number of nitrogens with two attached hydrogens (primary N) is 1. The Kier molecular flexibility index (Phi) is 5.03. The van der Waals surface area contributed by atoms with Gasteiger partial charge in [0, 0.05) is 35.8 Å². The van der Waals surface area contributed by atoms with Crippen molar-refractivity contribution in [3.63, 3.8) is 0 Å². The van der Waals surface area contributed by atoms with Crippen molar-refractivity contribution in [3.05, 3.63) is 100 Å². The molecule has 3 aromatic heterocycles. The number of aromatic nitrogens is 4. The summed E-state index contributed by atoms with van der Waals surface area (Å²) in [4.78, 5) is 16.4. The summed E-state index contributed by atoms with van der Waals surface area (Å²) in [6.45, 7) is 2.44.